The zero-order chi connectivity index (χ0) is 26.1. The molecule has 2 atom stereocenters. The number of carbonyl (C=O) groups excluding carboxylic acids is 1. The van der Waals surface area contributed by atoms with Crippen molar-refractivity contribution in [1.82, 2.24) is 9.47 Å². The molecule has 3 aliphatic rings. The van der Waals surface area contributed by atoms with Crippen molar-refractivity contribution in [1.29, 1.82) is 0 Å². The van der Waals surface area contributed by atoms with Gasteiger partial charge in [-0.05, 0) is 57.6 Å². The van der Waals surface area contributed by atoms with E-state index in [9.17, 15) is 14.4 Å². The Bertz CT molecular complexity index is 1550. The molecule has 5 heterocycles. The molecule has 1 aromatic carbocycles. The fraction of sp³-hybridized carbons (Fsp3) is 0.483. The van der Waals surface area contributed by atoms with Gasteiger partial charge in [0.15, 0.2) is 0 Å². The zero-order valence-electron chi connectivity index (χ0n) is 21.8. The Balaban J connectivity index is 1.33. The molecule has 3 aliphatic heterocycles. The number of rotatable bonds is 3. The van der Waals surface area contributed by atoms with Gasteiger partial charge in [0.05, 0.1) is 24.5 Å². The van der Waals surface area contributed by atoms with Gasteiger partial charge in [0, 0.05) is 48.9 Å². The van der Waals surface area contributed by atoms with Gasteiger partial charge in [-0.25, -0.2) is 4.79 Å². The molecule has 0 saturated carbocycles. The van der Waals surface area contributed by atoms with Crippen LogP contribution in [0, 0.1) is 12.8 Å². The number of amides is 1. The average molecular weight is 505 g/mol. The maximum Gasteiger partial charge on any atom is 0.340 e. The summed E-state index contributed by atoms with van der Waals surface area (Å²) < 4.78 is 19.6. The van der Waals surface area contributed by atoms with E-state index in [0.717, 1.165) is 35.9 Å². The summed E-state index contributed by atoms with van der Waals surface area (Å²) in [6.07, 6.45) is 2.46. The molecule has 0 radical (unpaired) electrons. The first kappa shape index (κ1) is 23.8. The molecule has 2 bridgehead atoms. The summed E-state index contributed by atoms with van der Waals surface area (Å²) in [6, 6.07) is 7.23. The second kappa shape index (κ2) is 8.50. The number of fused-ring (bicyclic) bond motifs is 7. The third-order valence-corrected chi connectivity index (χ3v) is 8.32. The van der Waals surface area contributed by atoms with Gasteiger partial charge in [-0.2, -0.15) is 0 Å². The molecule has 1 fully saturated rings. The smallest absolute Gasteiger partial charge is 0.340 e. The van der Waals surface area contributed by atoms with Gasteiger partial charge in [0.1, 0.15) is 22.7 Å². The lowest BCUT2D eigenvalue weighted by atomic mass is 9.83. The number of pyridine rings is 1. The van der Waals surface area contributed by atoms with E-state index in [1.54, 1.807) is 19.2 Å². The van der Waals surface area contributed by atoms with Crippen molar-refractivity contribution in [2.24, 2.45) is 5.92 Å². The summed E-state index contributed by atoms with van der Waals surface area (Å²) >= 11 is 0. The van der Waals surface area contributed by atoms with Crippen LogP contribution in [0.2, 0.25) is 0 Å². The third-order valence-electron chi connectivity index (χ3n) is 8.32. The van der Waals surface area contributed by atoms with Gasteiger partial charge in [0.2, 0.25) is 5.91 Å². The van der Waals surface area contributed by atoms with Crippen molar-refractivity contribution >= 4 is 16.9 Å². The van der Waals surface area contributed by atoms with Gasteiger partial charge >= 0.3 is 5.63 Å². The SMILES string of the molecule is COc1cc2c(c3oc(=O)c(CC(=O)N4CC5CC(C4)c4cccc(=O)n4C5)c(C)c13)CCC(C)(C)O2. The summed E-state index contributed by atoms with van der Waals surface area (Å²) in [5, 5.41) is 0.718. The predicted molar refractivity (Wildman–Crippen MR) is 139 cm³/mol. The van der Waals surface area contributed by atoms with Crippen LogP contribution >= 0.6 is 0 Å². The molecule has 6 rings (SSSR count). The molecule has 0 aliphatic carbocycles. The summed E-state index contributed by atoms with van der Waals surface area (Å²) in [4.78, 5) is 40.9. The Hall–Kier alpha value is -3.55. The van der Waals surface area contributed by atoms with Crippen LogP contribution in [0.4, 0.5) is 0 Å². The lowest BCUT2D eigenvalue weighted by molar-refractivity contribution is -0.133. The highest BCUT2D eigenvalue weighted by Gasteiger charge is 2.37. The normalized spacial score (nSPS) is 21.7. The number of carbonyl (C=O) groups is 1. The van der Waals surface area contributed by atoms with Crippen LogP contribution < -0.4 is 20.7 Å². The standard InChI is InChI=1S/C29H32N2O6/c1-16-20(11-25(33)30-13-17-10-18(15-30)21-6-5-7-24(32)31(21)14-17)28(34)36-27-19-8-9-29(2,3)37-22(19)12-23(35-4)26(16)27/h5-7,12,17-18H,8-11,13-15H2,1-4H3. The molecule has 0 N–H and O–H groups in total. The molecule has 8 heteroatoms. The first-order valence-corrected chi connectivity index (χ1v) is 13.0. The largest absolute Gasteiger partial charge is 0.496 e. The minimum absolute atomic E-state index is 0.0153. The molecule has 2 unspecified atom stereocenters. The lowest BCUT2D eigenvalue weighted by Gasteiger charge is -2.42. The van der Waals surface area contributed by atoms with Crippen molar-refractivity contribution < 1.29 is 18.7 Å². The highest BCUT2D eigenvalue weighted by molar-refractivity contribution is 5.93. The number of ether oxygens (including phenoxy) is 2. The third kappa shape index (κ3) is 3.93. The van der Waals surface area contributed by atoms with E-state index >= 15 is 0 Å². The quantitative estimate of drug-likeness (QED) is 0.507. The fourth-order valence-electron chi connectivity index (χ4n) is 6.41. The predicted octanol–water partition coefficient (Wildman–Crippen LogP) is 3.56. The van der Waals surface area contributed by atoms with Gasteiger partial charge < -0.3 is 23.4 Å². The Kier molecular flexibility index (Phi) is 5.47. The minimum Gasteiger partial charge on any atom is -0.496 e. The number of nitrogens with zero attached hydrogens (tertiary/aromatic N) is 2. The lowest BCUT2D eigenvalue weighted by Crippen LogP contribution is -2.49. The Morgan fingerprint density at radius 1 is 1.19 bits per heavy atom. The maximum absolute atomic E-state index is 13.5. The Morgan fingerprint density at radius 2 is 2.00 bits per heavy atom. The highest BCUT2D eigenvalue weighted by atomic mass is 16.5. The maximum atomic E-state index is 13.5. The Morgan fingerprint density at radius 3 is 2.78 bits per heavy atom. The van der Waals surface area contributed by atoms with E-state index in [0.29, 0.717) is 47.8 Å². The molecule has 0 spiro atoms. The molecular weight excluding hydrogens is 472 g/mol. The molecule has 37 heavy (non-hydrogen) atoms. The van der Waals surface area contributed by atoms with Gasteiger partial charge in [-0.3, -0.25) is 9.59 Å². The number of hydrogen-bond acceptors (Lipinski definition) is 6. The second-order valence-corrected chi connectivity index (χ2v) is 11.3. The molecule has 1 amide bonds. The summed E-state index contributed by atoms with van der Waals surface area (Å²) in [5.74, 6) is 1.48. The topological polar surface area (TPSA) is 91.0 Å². The number of likely N-dealkylation sites (tertiary alicyclic amines) is 1. The van der Waals surface area contributed by atoms with Crippen molar-refractivity contribution in [3.8, 4) is 11.5 Å². The van der Waals surface area contributed by atoms with E-state index in [2.05, 4.69) is 0 Å². The van der Waals surface area contributed by atoms with Crippen molar-refractivity contribution in [2.45, 2.75) is 64.5 Å². The summed E-state index contributed by atoms with van der Waals surface area (Å²) in [6.45, 7) is 7.67. The average Bonchev–Trinajstić information content (AvgIpc) is 2.85. The number of aryl methyl sites for hydroxylation is 2. The van der Waals surface area contributed by atoms with E-state index in [4.69, 9.17) is 13.9 Å². The number of methoxy groups -OCH3 is 1. The number of benzene rings is 1. The van der Waals surface area contributed by atoms with Gasteiger partial charge in [0.25, 0.3) is 5.56 Å². The molecule has 2 aromatic heterocycles. The van der Waals surface area contributed by atoms with Crippen LogP contribution in [0.15, 0.2) is 38.3 Å². The van der Waals surface area contributed by atoms with Crippen molar-refractivity contribution in [2.75, 3.05) is 20.2 Å². The van der Waals surface area contributed by atoms with Crippen LogP contribution in [-0.4, -0.2) is 41.2 Å². The van der Waals surface area contributed by atoms with Crippen LogP contribution in [0.1, 0.15) is 55.0 Å². The molecule has 194 valence electrons. The van der Waals surface area contributed by atoms with Crippen LogP contribution in [-0.2, 0) is 24.2 Å². The first-order chi connectivity index (χ1) is 17.6. The van der Waals surface area contributed by atoms with E-state index in [1.165, 1.54) is 0 Å². The summed E-state index contributed by atoms with van der Waals surface area (Å²) in [7, 11) is 1.58. The number of aromatic nitrogens is 1. The molecular formula is C29H32N2O6. The fourth-order valence-corrected chi connectivity index (χ4v) is 6.41. The number of hydrogen-bond donors (Lipinski definition) is 0. The van der Waals surface area contributed by atoms with Gasteiger partial charge in [-0.1, -0.05) is 6.07 Å². The summed E-state index contributed by atoms with van der Waals surface area (Å²) in [5.41, 5.74) is 2.62. The van der Waals surface area contributed by atoms with Crippen LogP contribution in [0.25, 0.3) is 11.0 Å². The monoisotopic (exact) mass is 504 g/mol. The van der Waals surface area contributed by atoms with E-state index in [-0.39, 0.29) is 35.3 Å². The first-order valence-electron chi connectivity index (χ1n) is 13.0. The van der Waals surface area contributed by atoms with E-state index in [1.807, 2.05) is 42.4 Å². The van der Waals surface area contributed by atoms with Gasteiger partial charge in [-0.15, -0.1) is 0 Å². The van der Waals surface area contributed by atoms with Crippen LogP contribution in [0.5, 0.6) is 11.5 Å². The van der Waals surface area contributed by atoms with Crippen molar-refractivity contribution in [3.63, 3.8) is 0 Å². The molecule has 3 aromatic rings. The van der Waals surface area contributed by atoms with Crippen molar-refractivity contribution in [3.05, 3.63) is 67.4 Å². The van der Waals surface area contributed by atoms with E-state index < -0.39 is 5.63 Å². The molecule has 1 saturated heterocycles. The number of piperidine rings is 1. The molecule has 8 nitrogen and oxygen atoms in total. The highest BCUT2D eigenvalue weighted by Crippen LogP contribution is 2.43. The Labute approximate surface area is 214 Å². The van der Waals surface area contributed by atoms with Crippen LogP contribution in [0.3, 0.4) is 0 Å². The zero-order valence-corrected chi connectivity index (χ0v) is 21.8. The minimum atomic E-state index is -0.493. The second-order valence-electron chi connectivity index (χ2n) is 11.3.